The van der Waals surface area contributed by atoms with Crippen molar-refractivity contribution in [2.24, 2.45) is 0 Å². The van der Waals surface area contributed by atoms with E-state index in [1.54, 1.807) is 0 Å². The summed E-state index contributed by atoms with van der Waals surface area (Å²) < 4.78 is 10.2. The van der Waals surface area contributed by atoms with Crippen LogP contribution in [-0.2, 0) is 0 Å². The van der Waals surface area contributed by atoms with Crippen molar-refractivity contribution in [2.45, 2.75) is 0 Å². The number of nitrogens with zero attached hydrogens (tertiary/aromatic N) is 2. The molecule has 62 heavy (non-hydrogen) atoms. The molecule has 0 atom stereocenters. The van der Waals surface area contributed by atoms with Crippen molar-refractivity contribution in [1.82, 2.24) is 9.13 Å². The van der Waals surface area contributed by atoms with E-state index in [-0.39, 0.29) is 0 Å². The van der Waals surface area contributed by atoms with E-state index in [1.165, 1.54) is 128 Å². The summed E-state index contributed by atoms with van der Waals surface area (Å²) in [6, 6.07) is 76.5. The second-order valence-electron chi connectivity index (χ2n) is 16.4. The van der Waals surface area contributed by atoms with Gasteiger partial charge in [-0.25, -0.2) is 0 Å². The third-order valence-corrected chi connectivity index (χ3v) is 15.4. The van der Waals surface area contributed by atoms with Gasteiger partial charge in [-0.3, -0.25) is 0 Å². The Kier molecular flexibility index (Phi) is 7.18. The minimum Gasteiger partial charge on any atom is -0.309 e. The SMILES string of the molecule is c1ccc(-n2c3ccc(-c4ccc(-c5ccc6c(c5)c5c7c(ccc5n6-c5ccccc5)sc5ccccc57)c5ccccc45)cc3c3c4c(ccc32)sc2ccccc24)cc1. The van der Waals surface area contributed by atoms with E-state index in [1.807, 2.05) is 22.7 Å². The van der Waals surface area contributed by atoms with E-state index in [9.17, 15) is 0 Å². The van der Waals surface area contributed by atoms with Crippen LogP contribution in [0.15, 0.2) is 206 Å². The van der Waals surface area contributed by atoms with Crippen molar-refractivity contribution in [3.63, 3.8) is 0 Å². The summed E-state index contributed by atoms with van der Waals surface area (Å²) in [4.78, 5) is 0. The van der Waals surface area contributed by atoms with Gasteiger partial charge in [-0.2, -0.15) is 0 Å². The molecule has 0 aliphatic heterocycles. The molecule has 14 aromatic rings. The third kappa shape index (κ3) is 4.79. The van der Waals surface area contributed by atoms with E-state index in [0.717, 1.165) is 0 Å². The fourth-order valence-electron chi connectivity index (χ4n) is 10.5. The lowest BCUT2D eigenvalue weighted by molar-refractivity contribution is 1.18. The molecule has 0 radical (unpaired) electrons. The number of hydrogen-bond donors (Lipinski definition) is 0. The van der Waals surface area contributed by atoms with Crippen LogP contribution in [0, 0.1) is 0 Å². The second kappa shape index (κ2) is 13.0. The molecule has 0 spiro atoms. The van der Waals surface area contributed by atoms with Crippen LogP contribution in [0.4, 0.5) is 0 Å². The Balaban J connectivity index is 1.01. The molecule has 0 aliphatic rings. The first-order valence-electron chi connectivity index (χ1n) is 21.2. The topological polar surface area (TPSA) is 9.86 Å². The van der Waals surface area contributed by atoms with E-state index in [2.05, 4.69) is 215 Å². The quantitative estimate of drug-likeness (QED) is 0.167. The lowest BCUT2D eigenvalue weighted by Crippen LogP contribution is -1.93. The molecule has 0 unspecified atom stereocenters. The summed E-state index contributed by atoms with van der Waals surface area (Å²) in [7, 11) is 0. The molecule has 0 N–H and O–H groups in total. The Morgan fingerprint density at radius 2 is 0.645 bits per heavy atom. The standard InChI is InChI=1S/C58H34N2S2/c1-3-13-37(14-4-1)59-47-27-23-35(33-45(47)55-49(59)29-31-53-57(55)43-19-9-11-21-51(43)61-53)39-25-26-40(42-18-8-7-17-41(39)42)36-24-28-48-46(34-36)56-50(60(48)38-15-5-2-6-16-38)30-32-54-58(56)44-20-10-12-22-52(44)62-54/h1-34H. The van der Waals surface area contributed by atoms with Gasteiger partial charge in [-0.1, -0.05) is 121 Å². The average molecular weight is 823 g/mol. The first kappa shape index (κ1) is 34.2. The van der Waals surface area contributed by atoms with Gasteiger partial charge in [0.25, 0.3) is 0 Å². The fourth-order valence-corrected chi connectivity index (χ4v) is 12.7. The van der Waals surface area contributed by atoms with Crippen LogP contribution in [0.3, 0.4) is 0 Å². The van der Waals surface area contributed by atoms with Crippen molar-refractivity contribution >= 4 is 117 Å². The molecule has 0 bridgehead atoms. The molecule has 0 aliphatic carbocycles. The van der Waals surface area contributed by atoms with Crippen LogP contribution in [0.1, 0.15) is 0 Å². The monoisotopic (exact) mass is 822 g/mol. The van der Waals surface area contributed by atoms with Crippen LogP contribution in [0.25, 0.3) is 128 Å². The van der Waals surface area contributed by atoms with Crippen molar-refractivity contribution in [3.8, 4) is 33.6 Å². The van der Waals surface area contributed by atoms with Gasteiger partial charge in [0.15, 0.2) is 0 Å². The van der Waals surface area contributed by atoms with Crippen LogP contribution < -0.4 is 0 Å². The molecule has 10 aromatic carbocycles. The molecule has 14 rings (SSSR count). The van der Waals surface area contributed by atoms with Crippen LogP contribution in [0.2, 0.25) is 0 Å². The molecule has 0 fully saturated rings. The molecular weight excluding hydrogens is 789 g/mol. The van der Waals surface area contributed by atoms with Crippen molar-refractivity contribution in [3.05, 3.63) is 206 Å². The zero-order valence-electron chi connectivity index (χ0n) is 33.3. The lowest BCUT2D eigenvalue weighted by Gasteiger charge is -2.13. The summed E-state index contributed by atoms with van der Waals surface area (Å²) in [6.07, 6.45) is 0. The summed E-state index contributed by atoms with van der Waals surface area (Å²) in [6.45, 7) is 0. The highest BCUT2D eigenvalue weighted by molar-refractivity contribution is 7.26. The Bertz CT molecular complexity index is 3880. The predicted octanol–water partition coefficient (Wildman–Crippen LogP) is 17.1. The Hall–Kier alpha value is -7.50. The van der Waals surface area contributed by atoms with E-state index in [4.69, 9.17) is 0 Å². The zero-order valence-corrected chi connectivity index (χ0v) is 35.0. The molecule has 0 saturated heterocycles. The summed E-state index contributed by atoms with van der Waals surface area (Å²) in [5.41, 5.74) is 12.2. The third-order valence-electron chi connectivity index (χ3n) is 13.1. The Morgan fingerprint density at radius 3 is 1.10 bits per heavy atom. The number of aromatic nitrogens is 2. The highest BCUT2D eigenvalue weighted by Crippen LogP contribution is 2.47. The predicted molar refractivity (Wildman–Crippen MR) is 269 cm³/mol. The van der Waals surface area contributed by atoms with Gasteiger partial charge in [0.05, 0.1) is 22.1 Å². The van der Waals surface area contributed by atoms with Crippen molar-refractivity contribution in [1.29, 1.82) is 0 Å². The number of fused-ring (bicyclic) bond motifs is 15. The van der Waals surface area contributed by atoms with Gasteiger partial charge < -0.3 is 9.13 Å². The van der Waals surface area contributed by atoms with Gasteiger partial charge >= 0.3 is 0 Å². The van der Waals surface area contributed by atoms with Gasteiger partial charge in [0.1, 0.15) is 0 Å². The first-order valence-corrected chi connectivity index (χ1v) is 22.8. The molecular formula is C58H34N2S2. The highest BCUT2D eigenvalue weighted by atomic mass is 32.1. The van der Waals surface area contributed by atoms with E-state index < -0.39 is 0 Å². The number of para-hydroxylation sites is 2. The average Bonchev–Trinajstić information content (AvgIpc) is 4.08. The van der Waals surface area contributed by atoms with Gasteiger partial charge in [-0.15, -0.1) is 22.7 Å². The molecule has 4 aromatic heterocycles. The fraction of sp³-hybridized carbons (Fsp3) is 0. The van der Waals surface area contributed by atoms with Gasteiger partial charge in [0.2, 0.25) is 0 Å². The number of thiophene rings is 2. The lowest BCUT2D eigenvalue weighted by atomic mass is 9.91. The first-order chi connectivity index (χ1) is 30.8. The molecule has 2 nitrogen and oxygen atoms in total. The maximum Gasteiger partial charge on any atom is 0.0548 e. The van der Waals surface area contributed by atoms with Gasteiger partial charge in [-0.05, 0) is 118 Å². The summed E-state index contributed by atoms with van der Waals surface area (Å²) in [5.74, 6) is 0. The molecule has 0 saturated carbocycles. The molecule has 0 amide bonds. The van der Waals surface area contributed by atoms with Crippen LogP contribution in [0.5, 0.6) is 0 Å². The van der Waals surface area contributed by atoms with Crippen LogP contribution >= 0.6 is 22.7 Å². The van der Waals surface area contributed by atoms with Crippen molar-refractivity contribution in [2.75, 3.05) is 0 Å². The number of benzene rings is 10. The van der Waals surface area contributed by atoms with E-state index >= 15 is 0 Å². The van der Waals surface area contributed by atoms with Crippen molar-refractivity contribution < 1.29 is 0 Å². The normalized spacial score (nSPS) is 12.2. The summed E-state index contributed by atoms with van der Waals surface area (Å²) >= 11 is 3.77. The second-order valence-corrected chi connectivity index (χ2v) is 18.5. The Labute approximate surface area is 364 Å². The highest BCUT2D eigenvalue weighted by Gasteiger charge is 2.21. The smallest absolute Gasteiger partial charge is 0.0548 e. The van der Waals surface area contributed by atoms with E-state index in [0.29, 0.717) is 0 Å². The zero-order chi connectivity index (χ0) is 40.5. The largest absolute Gasteiger partial charge is 0.309 e. The minimum atomic E-state index is 1.17. The maximum atomic E-state index is 2.45. The maximum absolute atomic E-state index is 2.45. The molecule has 4 heteroatoms. The van der Waals surface area contributed by atoms with Gasteiger partial charge in [0, 0.05) is 73.3 Å². The summed E-state index contributed by atoms with van der Waals surface area (Å²) in [5, 5.41) is 13.0. The van der Waals surface area contributed by atoms with Crippen LogP contribution in [-0.4, -0.2) is 9.13 Å². The number of hydrogen-bond acceptors (Lipinski definition) is 2. The number of rotatable bonds is 4. The molecule has 4 heterocycles. The molecule has 288 valence electrons. The minimum absolute atomic E-state index is 1.17. The Morgan fingerprint density at radius 1 is 0.258 bits per heavy atom.